The third kappa shape index (κ3) is 4.48. The van der Waals surface area contributed by atoms with Gasteiger partial charge in [0.25, 0.3) is 0 Å². The molecule has 0 aliphatic carbocycles. The summed E-state index contributed by atoms with van der Waals surface area (Å²) in [6.45, 7) is 5.19. The number of hydrogen-bond donors (Lipinski definition) is 2. The van der Waals surface area contributed by atoms with Gasteiger partial charge in [-0.1, -0.05) is 31.1 Å². The predicted octanol–water partition coefficient (Wildman–Crippen LogP) is 4.53. The third-order valence-electron chi connectivity index (χ3n) is 4.42. The van der Waals surface area contributed by atoms with Gasteiger partial charge in [0.15, 0.2) is 22.5 Å². The van der Waals surface area contributed by atoms with E-state index >= 15 is 0 Å². The van der Waals surface area contributed by atoms with Crippen molar-refractivity contribution in [1.82, 2.24) is 20.8 Å². The maximum absolute atomic E-state index is 5.96. The summed E-state index contributed by atoms with van der Waals surface area (Å²) in [4.78, 5) is 8.87. The molecule has 3 aromatic heterocycles. The number of nitrogens with one attached hydrogen (secondary N) is 2. The second kappa shape index (κ2) is 8.48. The van der Waals surface area contributed by atoms with Gasteiger partial charge in [0.1, 0.15) is 5.76 Å². The summed E-state index contributed by atoms with van der Waals surface area (Å²) in [6.07, 6.45) is 0. The zero-order chi connectivity index (χ0) is 20.2. The van der Waals surface area contributed by atoms with Gasteiger partial charge in [-0.3, -0.25) is 4.99 Å². The summed E-state index contributed by atoms with van der Waals surface area (Å²) in [5.74, 6) is 3.35. The van der Waals surface area contributed by atoms with Gasteiger partial charge < -0.3 is 19.6 Å². The van der Waals surface area contributed by atoms with Crippen LogP contribution in [0.25, 0.3) is 21.0 Å². The van der Waals surface area contributed by atoms with Crippen molar-refractivity contribution >= 4 is 27.5 Å². The first-order chi connectivity index (χ1) is 14.1. The lowest BCUT2D eigenvalue weighted by Crippen LogP contribution is -2.36. The summed E-state index contributed by atoms with van der Waals surface area (Å²) >= 11 is 1.62. The first kappa shape index (κ1) is 19.2. The van der Waals surface area contributed by atoms with Gasteiger partial charge in [0.2, 0.25) is 0 Å². The van der Waals surface area contributed by atoms with Crippen molar-refractivity contribution in [2.75, 3.05) is 7.05 Å². The molecule has 0 fully saturated rings. The Bertz CT molecular complexity index is 1090. The van der Waals surface area contributed by atoms with Crippen molar-refractivity contribution in [3.05, 3.63) is 59.7 Å². The highest BCUT2D eigenvalue weighted by Gasteiger charge is 2.11. The molecular formula is C21H23N5O2S. The molecule has 0 bridgehead atoms. The fourth-order valence-corrected chi connectivity index (χ4v) is 3.74. The second-order valence-electron chi connectivity index (χ2n) is 6.90. The van der Waals surface area contributed by atoms with E-state index in [1.165, 1.54) is 0 Å². The second-order valence-corrected chi connectivity index (χ2v) is 7.94. The molecule has 0 saturated carbocycles. The van der Waals surface area contributed by atoms with Crippen LogP contribution in [0, 0.1) is 0 Å². The quantitative estimate of drug-likeness (QED) is 0.359. The Kier molecular flexibility index (Phi) is 5.62. The molecular weight excluding hydrogens is 386 g/mol. The van der Waals surface area contributed by atoms with Gasteiger partial charge >= 0.3 is 0 Å². The van der Waals surface area contributed by atoms with Crippen LogP contribution >= 0.6 is 11.3 Å². The molecule has 29 heavy (non-hydrogen) atoms. The van der Waals surface area contributed by atoms with Gasteiger partial charge in [-0.2, -0.15) is 0 Å². The van der Waals surface area contributed by atoms with Crippen LogP contribution in [0.5, 0.6) is 0 Å². The van der Waals surface area contributed by atoms with Crippen LogP contribution in [0.3, 0.4) is 0 Å². The lowest BCUT2D eigenvalue weighted by atomic mass is 10.1. The van der Waals surface area contributed by atoms with Gasteiger partial charge in [0, 0.05) is 13.1 Å². The summed E-state index contributed by atoms with van der Waals surface area (Å²) in [6, 6.07) is 13.9. The van der Waals surface area contributed by atoms with Crippen molar-refractivity contribution < 1.29 is 8.94 Å². The van der Waals surface area contributed by atoms with E-state index in [1.54, 1.807) is 18.4 Å². The van der Waals surface area contributed by atoms with Crippen molar-refractivity contribution in [3.63, 3.8) is 0 Å². The molecule has 0 unspecified atom stereocenters. The Morgan fingerprint density at radius 3 is 2.62 bits per heavy atom. The van der Waals surface area contributed by atoms with Gasteiger partial charge in [-0.15, -0.1) is 11.3 Å². The largest absolute Gasteiger partial charge is 0.457 e. The number of aliphatic imine (C=N–C) groups is 1. The molecule has 150 valence electrons. The van der Waals surface area contributed by atoms with Crippen LogP contribution in [0.2, 0.25) is 0 Å². The zero-order valence-electron chi connectivity index (χ0n) is 16.6. The molecule has 0 saturated heterocycles. The number of fused-ring (bicyclic) bond motifs is 1. The molecule has 4 rings (SSSR count). The SMILES string of the molecule is CN=C(NCc1cc(C(C)C)no1)NCc1ccc(-c2nc3ccccc3s2)o1. The molecule has 0 amide bonds. The van der Waals surface area contributed by atoms with Crippen molar-refractivity contribution in [3.8, 4) is 10.8 Å². The van der Waals surface area contributed by atoms with E-state index < -0.39 is 0 Å². The van der Waals surface area contributed by atoms with Crippen molar-refractivity contribution in [1.29, 1.82) is 0 Å². The standard InChI is InChI=1S/C21H23N5O2S/c1-13(2)17-10-15(28-26-17)12-24-21(22-3)23-11-14-8-9-18(27-14)20-25-16-6-4-5-7-19(16)29-20/h4-10,13H,11-12H2,1-3H3,(H2,22,23,24). The maximum atomic E-state index is 5.96. The lowest BCUT2D eigenvalue weighted by Gasteiger charge is -2.09. The molecule has 2 N–H and O–H groups in total. The molecule has 0 atom stereocenters. The highest BCUT2D eigenvalue weighted by Crippen LogP contribution is 2.31. The van der Waals surface area contributed by atoms with Crippen LogP contribution < -0.4 is 10.6 Å². The van der Waals surface area contributed by atoms with E-state index in [0.717, 1.165) is 38.2 Å². The molecule has 1 aromatic carbocycles. The number of thiazole rings is 1. The average Bonchev–Trinajstić information content (AvgIpc) is 3.46. The zero-order valence-corrected chi connectivity index (χ0v) is 17.4. The summed E-state index contributed by atoms with van der Waals surface area (Å²) in [7, 11) is 1.73. The third-order valence-corrected chi connectivity index (χ3v) is 5.47. The number of aromatic nitrogens is 2. The Morgan fingerprint density at radius 1 is 1.10 bits per heavy atom. The minimum atomic E-state index is 0.341. The van der Waals surface area contributed by atoms with Crippen LogP contribution in [-0.4, -0.2) is 23.1 Å². The minimum absolute atomic E-state index is 0.341. The highest BCUT2D eigenvalue weighted by molar-refractivity contribution is 7.21. The first-order valence-electron chi connectivity index (χ1n) is 9.47. The number of benzene rings is 1. The Morgan fingerprint density at radius 2 is 1.90 bits per heavy atom. The highest BCUT2D eigenvalue weighted by atomic mass is 32.1. The topological polar surface area (TPSA) is 88.5 Å². The fourth-order valence-electron chi connectivity index (χ4n) is 2.81. The average molecular weight is 410 g/mol. The smallest absolute Gasteiger partial charge is 0.191 e. The predicted molar refractivity (Wildman–Crippen MR) is 115 cm³/mol. The molecule has 4 aromatic rings. The van der Waals surface area contributed by atoms with Crippen LogP contribution in [0.15, 0.2) is 56.4 Å². The lowest BCUT2D eigenvalue weighted by molar-refractivity contribution is 0.372. The molecule has 0 aliphatic heterocycles. The van der Waals surface area contributed by atoms with E-state index in [9.17, 15) is 0 Å². The number of rotatable bonds is 6. The molecule has 0 radical (unpaired) electrons. The molecule has 8 heteroatoms. The minimum Gasteiger partial charge on any atom is -0.457 e. The van der Waals surface area contributed by atoms with E-state index in [-0.39, 0.29) is 0 Å². The van der Waals surface area contributed by atoms with Crippen LogP contribution in [-0.2, 0) is 13.1 Å². The number of guanidine groups is 1. The Labute approximate surface area is 172 Å². The van der Waals surface area contributed by atoms with Crippen LogP contribution in [0.4, 0.5) is 0 Å². The first-order valence-corrected chi connectivity index (χ1v) is 10.3. The van der Waals surface area contributed by atoms with Gasteiger partial charge in [-0.05, 0) is 30.2 Å². The van der Waals surface area contributed by atoms with E-state index in [2.05, 4.69) is 45.7 Å². The summed E-state index contributed by atoms with van der Waals surface area (Å²) in [5, 5.41) is 11.4. The fraction of sp³-hybridized carbons (Fsp3) is 0.286. The number of hydrogen-bond acceptors (Lipinski definition) is 6. The normalized spacial score (nSPS) is 12.1. The van der Waals surface area contributed by atoms with Gasteiger partial charge in [0.05, 0.1) is 29.0 Å². The maximum Gasteiger partial charge on any atom is 0.191 e. The van der Waals surface area contributed by atoms with E-state index in [4.69, 9.17) is 8.94 Å². The monoisotopic (exact) mass is 409 g/mol. The molecule has 0 aliphatic rings. The Hall–Kier alpha value is -3.13. The van der Waals surface area contributed by atoms with E-state index in [1.807, 2.05) is 36.4 Å². The molecule has 7 nitrogen and oxygen atoms in total. The van der Waals surface area contributed by atoms with E-state index in [0.29, 0.717) is 25.0 Å². The molecule has 0 spiro atoms. The van der Waals surface area contributed by atoms with Crippen molar-refractivity contribution in [2.45, 2.75) is 32.9 Å². The molecule has 3 heterocycles. The number of para-hydroxylation sites is 1. The Balaban J connectivity index is 1.34. The summed E-state index contributed by atoms with van der Waals surface area (Å²) in [5.41, 5.74) is 1.93. The summed E-state index contributed by atoms with van der Waals surface area (Å²) < 4.78 is 12.5. The number of furan rings is 1. The number of nitrogens with zero attached hydrogens (tertiary/aromatic N) is 3. The van der Waals surface area contributed by atoms with Crippen molar-refractivity contribution in [2.24, 2.45) is 4.99 Å². The van der Waals surface area contributed by atoms with Gasteiger partial charge in [-0.25, -0.2) is 4.98 Å². The van der Waals surface area contributed by atoms with Crippen LogP contribution in [0.1, 0.15) is 37.0 Å².